The molecule has 0 saturated heterocycles. The van der Waals surface area contributed by atoms with Crippen LogP contribution in [0, 0.1) is 18.3 Å². The summed E-state index contributed by atoms with van der Waals surface area (Å²) in [5.41, 5.74) is 3.68. The predicted octanol–water partition coefficient (Wildman–Crippen LogP) is 1.97. The second-order valence-corrected chi connectivity index (χ2v) is 3.87. The number of hydrogen-bond donors (Lipinski definition) is 0. The Kier molecular flexibility index (Phi) is 2.27. The van der Waals surface area contributed by atoms with Gasteiger partial charge < -0.3 is 0 Å². The second kappa shape index (κ2) is 3.93. The molecule has 5 heteroatoms. The lowest BCUT2D eigenvalue weighted by Gasteiger charge is -2.03. The first-order valence-corrected chi connectivity index (χ1v) is 5.46. The highest BCUT2D eigenvalue weighted by atomic mass is 15.3. The molecule has 0 spiro atoms. The molecule has 0 bridgehead atoms. The summed E-state index contributed by atoms with van der Waals surface area (Å²) in [6, 6.07) is 7.81. The number of pyridine rings is 1. The van der Waals surface area contributed by atoms with Crippen LogP contribution in [-0.4, -0.2) is 19.6 Å². The van der Waals surface area contributed by atoms with E-state index in [1.165, 1.54) is 0 Å². The first-order chi connectivity index (χ1) is 8.81. The van der Waals surface area contributed by atoms with Crippen molar-refractivity contribution in [3.63, 3.8) is 0 Å². The summed E-state index contributed by atoms with van der Waals surface area (Å²) < 4.78 is 1.70. The zero-order valence-electron chi connectivity index (χ0n) is 9.70. The predicted molar refractivity (Wildman–Crippen MR) is 65.7 cm³/mol. The third kappa shape index (κ3) is 1.44. The van der Waals surface area contributed by atoms with Gasteiger partial charge in [-0.05, 0) is 25.1 Å². The zero-order valence-corrected chi connectivity index (χ0v) is 9.70. The van der Waals surface area contributed by atoms with Gasteiger partial charge in [-0.15, -0.1) is 0 Å². The molecule has 0 aliphatic carbocycles. The first kappa shape index (κ1) is 10.4. The Labute approximate surface area is 103 Å². The van der Waals surface area contributed by atoms with Crippen molar-refractivity contribution in [1.82, 2.24) is 19.6 Å². The second-order valence-electron chi connectivity index (χ2n) is 3.87. The lowest BCUT2D eigenvalue weighted by atomic mass is 10.2. The number of rotatable bonds is 1. The van der Waals surface area contributed by atoms with Crippen molar-refractivity contribution in [3.05, 3.63) is 48.0 Å². The third-order valence-electron chi connectivity index (χ3n) is 2.78. The van der Waals surface area contributed by atoms with Crippen LogP contribution < -0.4 is 0 Å². The molecule has 0 saturated carbocycles. The third-order valence-corrected chi connectivity index (χ3v) is 2.78. The molecule has 3 aromatic rings. The van der Waals surface area contributed by atoms with Gasteiger partial charge in [0.1, 0.15) is 11.6 Å². The minimum absolute atomic E-state index is 0.519. The van der Waals surface area contributed by atoms with Gasteiger partial charge in [-0.2, -0.15) is 10.4 Å². The molecule has 3 heterocycles. The highest BCUT2D eigenvalue weighted by Crippen LogP contribution is 2.21. The number of aromatic nitrogens is 4. The molecule has 5 nitrogen and oxygen atoms in total. The number of nitrogens with zero attached hydrogens (tertiary/aromatic N) is 5. The van der Waals surface area contributed by atoms with Crippen LogP contribution in [0.1, 0.15) is 11.3 Å². The van der Waals surface area contributed by atoms with E-state index in [2.05, 4.69) is 21.1 Å². The summed E-state index contributed by atoms with van der Waals surface area (Å²) in [6.45, 7) is 1.81. The van der Waals surface area contributed by atoms with Gasteiger partial charge in [-0.1, -0.05) is 0 Å². The standard InChI is InChI=1S/C13H9N5/c1-9-11(8-14)13-16-7-4-12(18(13)17-9)10-2-5-15-6-3-10/h2-7H,1H3. The van der Waals surface area contributed by atoms with E-state index in [1.807, 2.05) is 25.1 Å². The molecule has 0 atom stereocenters. The van der Waals surface area contributed by atoms with E-state index in [1.54, 1.807) is 23.1 Å². The highest BCUT2D eigenvalue weighted by molar-refractivity contribution is 5.66. The van der Waals surface area contributed by atoms with Crippen molar-refractivity contribution < 1.29 is 0 Å². The Morgan fingerprint density at radius 3 is 2.67 bits per heavy atom. The van der Waals surface area contributed by atoms with Crippen molar-refractivity contribution in [2.45, 2.75) is 6.92 Å². The van der Waals surface area contributed by atoms with Gasteiger partial charge in [0, 0.05) is 24.2 Å². The van der Waals surface area contributed by atoms with E-state index < -0.39 is 0 Å². The summed E-state index contributed by atoms with van der Waals surface area (Å²) in [6.07, 6.45) is 5.14. The van der Waals surface area contributed by atoms with E-state index in [0.717, 1.165) is 11.3 Å². The van der Waals surface area contributed by atoms with Gasteiger partial charge in [0.25, 0.3) is 0 Å². The van der Waals surface area contributed by atoms with Crippen molar-refractivity contribution >= 4 is 5.65 Å². The SMILES string of the molecule is Cc1nn2c(-c3ccncc3)ccnc2c1C#N. The molecule has 0 fully saturated rings. The molecule has 0 aliphatic heterocycles. The van der Waals surface area contributed by atoms with Crippen LogP contribution in [0.15, 0.2) is 36.8 Å². The topological polar surface area (TPSA) is 66.9 Å². The normalized spacial score (nSPS) is 10.4. The van der Waals surface area contributed by atoms with Crippen LogP contribution in [-0.2, 0) is 0 Å². The molecule has 0 aromatic carbocycles. The van der Waals surface area contributed by atoms with Gasteiger partial charge in [0.2, 0.25) is 0 Å². The zero-order chi connectivity index (χ0) is 12.5. The maximum Gasteiger partial charge on any atom is 0.173 e. The van der Waals surface area contributed by atoms with Gasteiger partial charge in [-0.3, -0.25) is 4.98 Å². The first-order valence-electron chi connectivity index (χ1n) is 5.46. The lowest BCUT2D eigenvalue weighted by Crippen LogP contribution is -1.95. The molecular weight excluding hydrogens is 226 g/mol. The van der Waals surface area contributed by atoms with Crippen LogP contribution in [0.5, 0.6) is 0 Å². The highest BCUT2D eigenvalue weighted by Gasteiger charge is 2.13. The molecule has 18 heavy (non-hydrogen) atoms. The summed E-state index contributed by atoms with van der Waals surface area (Å²) in [7, 11) is 0. The molecule has 3 aromatic heterocycles. The fraction of sp³-hybridized carbons (Fsp3) is 0.0769. The van der Waals surface area contributed by atoms with E-state index in [9.17, 15) is 0 Å². The Hall–Kier alpha value is -2.74. The molecule has 86 valence electrons. The van der Waals surface area contributed by atoms with E-state index in [0.29, 0.717) is 16.9 Å². The van der Waals surface area contributed by atoms with Gasteiger partial charge in [-0.25, -0.2) is 9.50 Å². The minimum Gasteiger partial charge on any atom is -0.265 e. The number of fused-ring (bicyclic) bond motifs is 1. The van der Waals surface area contributed by atoms with Gasteiger partial charge in [0.15, 0.2) is 5.65 Å². The molecular formula is C13H9N5. The quantitative estimate of drug-likeness (QED) is 0.646. The molecule has 3 rings (SSSR count). The fourth-order valence-electron chi connectivity index (χ4n) is 1.92. The summed E-state index contributed by atoms with van der Waals surface area (Å²) >= 11 is 0. The summed E-state index contributed by atoms with van der Waals surface area (Å²) in [5.74, 6) is 0. The lowest BCUT2D eigenvalue weighted by molar-refractivity contribution is 0.924. The Morgan fingerprint density at radius 1 is 1.17 bits per heavy atom. The number of aryl methyl sites for hydroxylation is 1. The van der Waals surface area contributed by atoms with Crippen LogP contribution in [0.25, 0.3) is 16.9 Å². The monoisotopic (exact) mass is 235 g/mol. The van der Waals surface area contributed by atoms with Crippen molar-refractivity contribution in [1.29, 1.82) is 5.26 Å². The van der Waals surface area contributed by atoms with E-state index in [-0.39, 0.29) is 0 Å². The van der Waals surface area contributed by atoms with Crippen LogP contribution in [0.4, 0.5) is 0 Å². The van der Waals surface area contributed by atoms with Crippen LogP contribution in [0.2, 0.25) is 0 Å². The van der Waals surface area contributed by atoms with E-state index >= 15 is 0 Å². The molecule has 0 radical (unpaired) electrons. The number of nitriles is 1. The van der Waals surface area contributed by atoms with Gasteiger partial charge in [0.05, 0.1) is 11.4 Å². The van der Waals surface area contributed by atoms with Crippen molar-refractivity contribution in [2.24, 2.45) is 0 Å². The Morgan fingerprint density at radius 2 is 1.94 bits per heavy atom. The van der Waals surface area contributed by atoms with Crippen LogP contribution in [0.3, 0.4) is 0 Å². The molecule has 0 aliphatic rings. The van der Waals surface area contributed by atoms with Crippen LogP contribution >= 0.6 is 0 Å². The van der Waals surface area contributed by atoms with Crippen molar-refractivity contribution in [2.75, 3.05) is 0 Å². The average molecular weight is 235 g/mol. The summed E-state index contributed by atoms with van der Waals surface area (Å²) in [4.78, 5) is 8.21. The molecule has 0 unspecified atom stereocenters. The largest absolute Gasteiger partial charge is 0.265 e. The minimum atomic E-state index is 0.519. The Bertz CT molecular complexity index is 752. The number of hydrogen-bond acceptors (Lipinski definition) is 4. The average Bonchev–Trinajstić information content (AvgIpc) is 2.74. The Balaban J connectivity index is 2.36. The maximum atomic E-state index is 9.11. The smallest absolute Gasteiger partial charge is 0.173 e. The fourth-order valence-corrected chi connectivity index (χ4v) is 1.92. The molecule has 0 N–H and O–H groups in total. The maximum absolute atomic E-state index is 9.11. The molecule has 0 amide bonds. The van der Waals surface area contributed by atoms with Crippen molar-refractivity contribution in [3.8, 4) is 17.3 Å². The van der Waals surface area contributed by atoms with E-state index in [4.69, 9.17) is 5.26 Å². The summed E-state index contributed by atoms with van der Waals surface area (Å²) in [5, 5.41) is 13.5. The van der Waals surface area contributed by atoms with Gasteiger partial charge >= 0.3 is 0 Å².